The molecule has 6 nitrogen and oxygen atoms in total. The molecule has 1 N–H and O–H groups in total. The van der Waals surface area contributed by atoms with Crippen molar-refractivity contribution in [2.75, 3.05) is 33.9 Å². The van der Waals surface area contributed by atoms with Crippen LogP contribution in [0.4, 0.5) is 0 Å². The zero-order valence-electron chi connectivity index (χ0n) is 21.0. The van der Waals surface area contributed by atoms with Crippen molar-refractivity contribution in [2.45, 2.75) is 50.5 Å². The zero-order chi connectivity index (χ0) is 24.6. The molecule has 0 spiro atoms. The lowest BCUT2D eigenvalue weighted by Gasteiger charge is -2.56. The Morgan fingerprint density at radius 1 is 1.11 bits per heavy atom. The number of methoxy groups -OCH3 is 2. The first-order chi connectivity index (χ1) is 16.9. The Hall–Kier alpha value is -2.86. The second-order valence-electron chi connectivity index (χ2n) is 10.5. The predicted molar refractivity (Wildman–Crippen MR) is 135 cm³/mol. The number of hydrogen-bond acceptors (Lipinski definition) is 5. The molecule has 186 valence electrons. The Morgan fingerprint density at radius 3 is 2.66 bits per heavy atom. The molecule has 35 heavy (non-hydrogen) atoms. The summed E-state index contributed by atoms with van der Waals surface area (Å²) in [5.41, 5.74) is 3.68. The first-order valence-electron chi connectivity index (χ1n) is 12.8. The van der Waals surface area contributed by atoms with Crippen LogP contribution in [0, 0.1) is 11.8 Å². The molecular weight excluding hydrogens is 440 g/mol. The molecule has 0 aromatic heterocycles. The van der Waals surface area contributed by atoms with Crippen LogP contribution in [0.2, 0.25) is 0 Å². The lowest BCUT2D eigenvalue weighted by Crippen LogP contribution is -2.60. The summed E-state index contributed by atoms with van der Waals surface area (Å²) in [7, 11) is 3.07. The van der Waals surface area contributed by atoms with Crippen molar-refractivity contribution in [2.24, 2.45) is 11.8 Å². The van der Waals surface area contributed by atoms with Gasteiger partial charge in [0.15, 0.2) is 0 Å². The van der Waals surface area contributed by atoms with E-state index < -0.39 is 5.97 Å². The first kappa shape index (κ1) is 23.9. The van der Waals surface area contributed by atoms with Crippen LogP contribution in [0.15, 0.2) is 42.5 Å². The molecule has 1 saturated heterocycles. The highest BCUT2D eigenvalue weighted by Gasteiger charge is 2.51. The summed E-state index contributed by atoms with van der Waals surface area (Å²) in [5, 5.41) is 3.13. The number of hydrogen-bond donors (Lipinski definition) is 1. The van der Waals surface area contributed by atoms with Crippen LogP contribution in [-0.4, -0.2) is 56.7 Å². The molecule has 3 unspecified atom stereocenters. The molecule has 2 fully saturated rings. The van der Waals surface area contributed by atoms with Gasteiger partial charge >= 0.3 is 5.97 Å². The van der Waals surface area contributed by atoms with E-state index in [1.54, 1.807) is 31.4 Å². The monoisotopic (exact) mass is 476 g/mol. The van der Waals surface area contributed by atoms with Gasteiger partial charge in [-0.25, -0.2) is 4.79 Å². The largest absolute Gasteiger partial charge is 0.497 e. The minimum absolute atomic E-state index is 0.00792. The molecule has 1 amide bonds. The van der Waals surface area contributed by atoms with E-state index in [1.807, 2.05) is 0 Å². The van der Waals surface area contributed by atoms with Gasteiger partial charge in [0.25, 0.3) is 5.91 Å². The molecule has 3 atom stereocenters. The molecule has 6 heteroatoms. The fraction of sp³-hybridized carbons (Fsp3) is 0.517. The van der Waals surface area contributed by atoms with Gasteiger partial charge in [-0.15, -0.1) is 0 Å². The first-order valence-corrected chi connectivity index (χ1v) is 12.8. The summed E-state index contributed by atoms with van der Waals surface area (Å²) in [6.07, 6.45) is 5.80. The summed E-state index contributed by atoms with van der Waals surface area (Å²) in [5.74, 6) is 1.67. The zero-order valence-corrected chi connectivity index (χ0v) is 21.0. The fourth-order valence-corrected chi connectivity index (χ4v) is 6.41. The number of benzene rings is 2. The Balaban J connectivity index is 1.35. The van der Waals surface area contributed by atoms with Crippen molar-refractivity contribution < 1.29 is 19.1 Å². The number of nitrogens with zero attached hydrogens (tertiary/aromatic N) is 1. The molecule has 3 aliphatic rings. The summed E-state index contributed by atoms with van der Waals surface area (Å²) in [6.45, 7) is 5.33. The minimum atomic E-state index is -0.441. The quantitative estimate of drug-likeness (QED) is 0.578. The molecule has 2 aromatic rings. The van der Waals surface area contributed by atoms with E-state index in [0.29, 0.717) is 29.6 Å². The van der Waals surface area contributed by atoms with E-state index in [0.717, 1.165) is 37.5 Å². The van der Waals surface area contributed by atoms with Gasteiger partial charge in [-0.3, -0.25) is 9.69 Å². The molecule has 2 aromatic carbocycles. The molecule has 0 radical (unpaired) electrons. The number of carbonyl (C=O) groups excluding carboxylic acids is 2. The van der Waals surface area contributed by atoms with E-state index in [1.165, 1.54) is 37.6 Å². The number of ether oxygens (including phenoxy) is 2. The average Bonchev–Trinajstić information content (AvgIpc) is 3.70. The van der Waals surface area contributed by atoms with Gasteiger partial charge in [-0.05, 0) is 91.9 Å². The highest BCUT2D eigenvalue weighted by Crippen LogP contribution is 2.52. The number of piperidine rings is 1. The van der Waals surface area contributed by atoms with Gasteiger partial charge in [-0.2, -0.15) is 0 Å². The molecule has 2 bridgehead atoms. The molecule has 1 saturated carbocycles. The maximum atomic E-state index is 12.9. The van der Waals surface area contributed by atoms with Crippen LogP contribution in [0.3, 0.4) is 0 Å². The highest BCUT2D eigenvalue weighted by molar-refractivity contribution is 5.97. The van der Waals surface area contributed by atoms with Gasteiger partial charge in [0, 0.05) is 30.1 Å². The summed E-state index contributed by atoms with van der Waals surface area (Å²) >= 11 is 0. The number of amides is 1. The molecule has 2 aliphatic carbocycles. The topological polar surface area (TPSA) is 67.9 Å². The molecule has 5 rings (SSSR count). The fourth-order valence-electron chi connectivity index (χ4n) is 6.41. The van der Waals surface area contributed by atoms with Crippen molar-refractivity contribution in [3.8, 4) is 5.75 Å². The third-order valence-electron chi connectivity index (χ3n) is 8.64. The van der Waals surface area contributed by atoms with E-state index in [-0.39, 0.29) is 11.3 Å². The molecule has 1 aliphatic heterocycles. The third kappa shape index (κ3) is 4.56. The standard InChI is InChI=1S/C29H36N2O4/c1-19-26-16-21-9-10-24(34-2)17-25(21)29(19,12-14-31(26)18-20-7-8-20)11-13-30-27(32)22-5-4-6-23(15-22)28(33)35-3/h4-6,9-10,15,17,19-20,26H,7-8,11-14,16,18H2,1-3H3,(H,30,32). The normalized spacial score (nSPS) is 25.5. The van der Waals surface area contributed by atoms with Gasteiger partial charge in [0.05, 0.1) is 19.8 Å². The van der Waals surface area contributed by atoms with Gasteiger partial charge in [0.1, 0.15) is 5.75 Å². The summed E-state index contributed by atoms with van der Waals surface area (Å²) < 4.78 is 10.4. The Kier molecular flexibility index (Phi) is 6.58. The van der Waals surface area contributed by atoms with Crippen molar-refractivity contribution in [1.29, 1.82) is 0 Å². The number of esters is 1. The average molecular weight is 477 g/mol. The van der Waals surface area contributed by atoms with Crippen LogP contribution < -0.4 is 10.1 Å². The highest BCUT2D eigenvalue weighted by atomic mass is 16.5. The number of nitrogens with one attached hydrogen (secondary N) is 1. The maximum Gasteiger partial charge on any atom is 0.337 e. The Morgan fingerprint density at radius 2 is 1.91 bits per heavy atom. The van der Waals surface area contributed by atoms with Crippen molar-refractivity contribution in [3.05, 3.63) is 64.7 Å². The SMILES string of the molecule is COC(=O)c1cccc(C(=O)NCCC23CCN(CC4CC4)C(Cc4ccc(OC)cc42)C3C)c1. The number of fused-ring (bicyclic) bond motifs is 4. The lowest BCUT2D eigenvalue weighted by molar-refractivity contribution is 0.0159. The third-order valence-corrected chi connectivity index (χ3v) is 8.64. The number of likely N-dealkylation sites (tertiary alicyclic amines) is 1. The van der Waals surface area contributed by atoms with Crippen molar-refractivity contribution in [1.82, 2.24) is 10.2 Å². The number of carbonyl (C=O) groups is 2. The van der Waals surface area contributed by atoms with Crippen molar-refractivity contribution >= 4 is 11.9 Å². The maximum absolute atomic E-state index is 12.9. The summed E-state index contributed by atoms with van der Waals surface area (Å²) in [6, 6.07) is 13.8. The predicted octanol–water partition coefficient (Wildman–Crippen LogP) is 4.22. The van der Waals surface area contributed by atoms with E-state index in [9.17, 15) is 9.59 Å². The second-order valence-corrected chi connectivity index (χ2v) is 10.5. The van der Waals surface area contributed by atoms with Crippen LogP contribution in [-0.2, 0) is 16.6 Å². The lowest BCUT2D eigenvalue weighted by atomic mass is 9.56. The Labute approximate surface area is 208 Å². The van der Waals surface area contributed by atoms with Crippen molar-refractivity contribution in [3.63, 3.8) is 0 Å². The van der Waals surface area contributed by atoms with Gasteiger partial charge in [-0.1, -0.05) is 19.1 Å². The van der Waals surface area contributed by atoms with E-state index in [2.05, 4.69) is 35.3 Å². The second kappa shape index (κ2) is 9.65. The van der Waals surface area contributed by atoms with Gasteiger partial charge in [0.2, 0.25) is 0 Å². The summed E-state index contributed by atoms with van der Waals surface area (Å²) in [4.78, 5) is 27.5. The molecular formula is C29H36N2O4. The van der Waals surface area contributed by atoms with E-state index >= 15 is 0 Å². The van der Waals surface area contributed by atoms with Crippen LogP contribution in [0.1, 0.15) is 64.4 Å². The van der Waals surface area contributed by atoms with Crippen LogP contribution in [0.5, 0.6) is 5.75 Å². The minimum Gasteiger partial charge on any atom is -0.497 e. The van der Waals surface area contributed by atoms with Gasteiger partial charge < -0.3 is 14.8 Å². The van der Waals surface area contributed by atoms with Crippen LogP contribution in [0.25, 0.3) is 0 Å². The van der Waals surface area contributed by atoms with Crippen LogP contribution >= 0.6 is 0 Å². The smallest absolute Gasteiger partial charge is 0.337 e. The Bertz CT molecular complexity index is 1110. The van der Waals surface area contributed by atoms with E-state index in [4.69, 9.17) is 9.47 Å². The number of rotatable bonds is 8. The molecule has 1 heterocycles.